The zero-order valence-electron chi connectivity index (χ0n) is 7.78. The van der Waals surface area contributed by atoms with E-state index in [1.807, 2.05) is 12.1 Å². The molecule has 3 heteroatoms. The maximum absolute atomic E-state index is 8.46. The minimum atomic E-state index is 0.369. The standard InChI is InChI=1S/C11H11ClN2/c12-11-4-3-9-5-8(7-14-13)1-2-10(9)6-11/h3-4,6-8H,1-2,5H2. The average molecular weight is 207 g/mol. The lowest BCUT2D eigenvalue weighted by molar-refractivity contribution is -0.00361. The summed E-state index contributed by atoms with van der Waals surface area (Å²) in [7, 11) is 0. The number of nitrogens with zero attached hydrogens (tertiary/aromatic N) is 2. The third kappa shape index (κ3) is 1.87. The molecule has 2 nitrogen and oxygen atoms in total. The molecule has 0 fully saturated rings. The highest BCUT2D eigenvalue weighted by Crippen LogP contribution is 2.26. The van der Waals surface area contributed by atoms with Crippen LogP contribution in [0.4, 0.5) is 0 Å². The van der Waals surface area contributed by atoms with E-state index in [2.05, 4.69) is 10.9 Å². The van der Waals surface area contributed by atoms with Gasteiger partial charge in [0, 0.05) is 5.02 Å². The van der Waals surface area contributed by atoms with E-state index in [0.29, 0.717) is 5.92 Å². The van der Waals surface area contributed by atoms with Gasteiger partial charge in [0.1, 0.15) is 0 Å². The van der Waals surface area contributed by atoms with Gasteiger partial charge in [-0.15, -0.1) is 0 Å². The van der Waals surface area contributed by atoms with Crippen molar-refractivity contribution in [2.75, 3.05) is 0 Å². The Morgan fingerprint density at radius 3 is 3.07 bits per heavy atom. The first kappa shape index (κ1) is 9.45. The van der Waals surface area contributed by atoms with E-state index >= 15 is 0 Å². The van der Waals surface area contributed by atoms with Gasteiger partial charge in [0.15, 0.2) is 0 Å². The molecular formula is C11H11ClN2. The molecule has 1 aliphatic carbocycles. The molecule has 0 saturated heterocycles. The Morgan fingerprint density at radius 1 is 1.43 bits per heavy atom. The number of hydrogen-bond acceptors (Lipinski definition) is 0. The van der Waals surface area contributed by atoms with Gasteiger partial charge in [-0.1, -0.05) is 17.7 Å². The molecule has 0 heterocycles. The van der Waals surface area contributed by atoms with Crippen molar-refractivity contribution in [2.45, 2.75) is 19.3 Å². The molecule has 0 saturated carbocycles. The van der Waals surface area contributed by atoms with Gasteiger partial charge in [-0.3, -0.25) is 0 Å². The Kier molecular flexibility index (Phi) is 2.67. The van der Waals surface area contributed by atoms with E-state index in [4.69, 9.17) is 17.1 Å². The van der Waals surface area contributed by atoms with Crippen LogP contribution in [0.2, 0.25) is 5.02 Å². The topological polar surface area (TPSA) is 36.4 Å². The third-order valence-electron chi connectivity index (χ3n) is 2.71. The van der Waals surface area contributed by atoms with Crippen molar-refractivity contribution in [2.24, 2.45) is 5.92 Å². The largest absolute Gasteiger partial charge is 0.362 e. The van der Waals surface area contributed by atoms with Gasteiger partial charge < -0.3 is 5.53 Å². The smallest absolute Gasteiger partial charge is 0.260 e. The predicted molar refractivity (Wildman–Crippen MR) is 56.7 cm³/mol. The molecule has 2 rings (SSSR count). The number of hydrogen-bond donors (Lipinski definition) is 0. The molecule has 0 radical (unpaired) electrons. The summed E-state index contributed by atoms with van der Waals surface area (Å²) >= 11 is 5.91. The molecule has 1 aromatic rings. The number of halogens is 1. The van der Waals surface area contributed by atoms with Crippen LogP contribution in [-0.2, 0) is 12.8 Å². The molecule has 1 atom stereocenters. The first-order valence-electron chi connectivity index (χ1n) is 4.74. The number of aryl methyl sites for hydroxylation is 1. The molecule has 0 aromatic heterocycles. The van der Waals surface area contributed by atoms with Crippen molar-refractivity contribution < 1.29 is 4.79 Å². The van der Waals surface area contributed by atoms with Crippen LogP contribution in [0.5, 0.6) is 0 Å². The zero-order chi connectivity index (χ0) is 9.97. The van der Waals surface area contributed by atoms with Crippen molar-refractivity contribution in [3.63, 3.8) is 0 Å². The Bertz CT molecular complexity index is 394. The molecule has 0 aliphatic heterocycles. The van der Waals surface area contributed by atoms with Crippen LogP contribution in [0, 0.1) is 5.92 Å². The number of benzene rings is 1. The van der Waals surface area contributed by atoms with Crippen LogP contribution in [0.1, 0.15) is 17.5 Å². The SMILES string of the molecule is [N-]=[N+]=CC1CCc2cc(Cl)ccc2C1. The van der Waals surface area contributed by atoms with Crippen LogP contribution in [0.3, 0.4) is 0 Å². The molecule has 1 unspecified atom stereocenters. The fourth-order valence-electron chi connectivity index (χ4n) is 1.97. The number of rotatable bonds is 1. The predicted octanol–water partition coefficient (Wildman–Crippen LogP) is 2.75. The first-order valence-corrected chi connectivity index (χ1v) is 5.12. The lowest BCUT2D eigenvalue weighted by Crippen LogP contribution is -2.15. The molecule has 14 heavy (non-hydrogen) atoms. The minimum absolute atomic E-state index is 0.369. The van der Waals surface area contributed by atoms with E-state index in [9.17, 15) is 0 Å². The molecule has 1 aliphatic rings. The summed E-state index contributed by atoms with van der Waals surface area (Å²) in [6.45, 7) is 0. The Labute approximate surface area is 88.1 Å². The van der Waals surface area contributed by atoms with Crippen molar-refractivity contribution in [1.29, 1.82) is 0 Å². The van der Waals surface area contributed by atoms with Crippen LogP contribution in [-0.4, -0.2) is 11.0 Å². The molecular weight excluding hydrogens is 196 g/mol. The fraction of sp³-hybridized carbons (Fsp3) is 0.364. The van der Waals surface area contributed by atoms with Crippen LogP contribution in [0.25, 0.3) is 5.53 Å². The molecule has 0 amide bonds. The van der Waals surface area contributed by atoms with Gasteiger partial charge >= 0.3 is 0 Å². The molecule has 0 spiro atoms. The van der Waals surface area contributed by atoms with E-state index in [-0.39, 0.29) is 0 Å². The summed E-state index contributed by atoms with van der Waals surface area (Å²) in [4.78, 5) is 3.10. The van der Waals surface area contributed by atoms with Gasteiger partial charge in [-0.05, 0) is 42.5 Å². The lowest BCUT2D eigenvalue weighted by Gasteiger charge is -2.19. The second-order valence-corrected chi connectivity index (χ2v) is 4.12. The summed E-state index contributed by atoms with van der Waals surface area (Å²) in [6, 6.07) is 6.01. The zero-order valence-corrected chi connectivity index (χ0v) is 8.54. The Balaban J connectivity index is 2.27. The van der Waals surface area contributed by atoms with Gasteiger partial charge in [-0.25, -0.2) is 0 Å². The molecule has 0 bridgehead atoms. The normalized spacial score (nSPS) is 19.6. The highest BCUT2D eigenvalue weighted by Gasteiger charge is 2.19. The second-order valence-electron chi connectivity index (χ2n) is 3.68. The van der Waals surface area contributed by atoms with Crippen LogP contribution < -0.4 is 0 Å². The third-order valence-corrected chi connectivity index (χ3v) is 2.95. The van der Waals surface area contributed by atoms with Crippen LogP contribution >= 0.6 is 11.6 Å². The van der Waals surface area contributed by atoms with Crippen molar-refractivity contribution in [3.05, 3.63) is 39.9 Å². The highest BCUT2D eigenvalue weighted by atomic mass is 35.5. The fourth-order valence-corrected chi connectivity index (χ4v) is 2.17. The van der Waals surface area contributed by atoms with Gasteiger partial charge in [0.05, 0.1) is 5.92 Å². The summed E-state index contributed by atoms with van der Waals surface area (Å²) < 4.78 is 0. The Morgan fingerprint density at radius 2 is 2.29 bits per heavy atom. The van der Waals surface area contributed by atoms with E-state index < -0.39 is 0 Å². The van der Waals surface area contributed by atoms with Gasteiger partial charge in [0.2, 0.25) is 0 Å². The van der Waals surface area contributed by atoms with Crippen molar-refractivity contribution in [1.82, 2.24) is 0 Å². The average Bonchev–Trinajstić information content (AvgIpc) is 2.19. The van der Waals surface area contributed by atoms with E-state index in [1.54, 1.807) is 6.21 Å². The Hall–Kier alpha value is -1.11. The quantitative estimate of drug-likeness (QED) is 0.385. The molecule has 72 valence electrons. The van der Waals surface area contributed by atoms with Gasteiger partial charge in [0.25, 0.3) is 6.21 Å². The van der Waals surface area contributed by atoms with Crippen molar-refractivity contribution in [3.8, 4) is 0 Å². The first-order chi connectivity index (χ1) is 6.79. The number of fused-ring (bicyclic) bond motifs is 1. The maximum atomic E-state index is 8.46. The highest BCUT2D eigenvalue weighted by molar-refractivity contribution is 6.30. The van der Waals surface area contributed by atoms with Crippen molar-refractivity contribution >= 4 is 17.8 Å². The minimum Gasteiger partial charge on any atom is -0.362 e. The maximum Gasteiger partial charge on any atom is 0.260 e. The summed E-state index contributed by atoms with van der Waals surface area (Å²) in [5.74, 6) is 0.369. The molecule has 0 N–H and O–H groups in total. The monoisotopic (exact) mass is 206 g/mol. The second kappa shape index (κ2) is 3.95. The lowest BCUT2D eigenvalue weighted by atomic mass is 9.85. The van der Waals surface area contributed by atoms with E-state index in [1.165, 1.54) is 11.1 Å². The van der Waals surface area contributed by atoms with E-state index in [0.717, 1.165) is 24.3 Å². The summed E-state index contributed by atoms with van der Waals surface area (Å²) in [5, 5.41) is 0.804. The van der Waals surface area contributed by atoms with Crippen LogP contribution in [0.15, 0.2) is 18.2 Å². The molecule has 1 aromatic carbocycles. The summed E-state index contributed by atoms with van der Waals surface area (Å²) in [5.41, 5.74) is 11.1. The summed E-state index contributed by atoms with van der Waals surface area (Å²) in [6.07, 6.45) is 4.64. The van der Waals surface area contributed by atoms with Gasteiger partial charge in [-0.2, -0.15) is 4.79 Å².